The molecule has 2 aliphatic rings. The Bertz CT molecular complexity index is 132. The molecule has 1 unspecified atom stereocenters. The second kappa shape index (κ2) is 3.11. The quantitative estimate of drug-likeness (QED) is 0.656. The van der Waals surface area contributed by atoms with Crippen LogP contribution in [-0.2, 0) is 0 Å². The Hall–Kier alpha value is -0.0800. The zero-order chi connectivity index (χ0) is 7.68. The summed E-state index contributed by atoms with van der Waals surface area (Å²) in [6.07, 6.45) is 6.91. The van der Waals surface area contributed by atoms with Gasteiger partial charge in [-0.25, -0.2) is 0 Å². The second-order valence-electron chi connectivity index (χ2n) is 3.84. The van der Waals surface area contributed by atoms with Gasteiger partial charge in [-0.05, 0) is 45.2 Å². The third-order valence-electron chi connectivity index (χ3n) is 2.94. The van der Waals surface area contributed by atoms with E-state index < -0.39 is 0 Å². The van der Waals surface area contributed by atoms with Gasteiger partial charge in [0.25, 0.3) is 0 Å². The minimum atomic E-state index is 0.840. The number of rotatable bonds is 3. The molecule has 11 heavy (non-hydrogen) atoms. The first-order valence-corrected chi connectivity index (χ1v) is 4.87. The lowest BCUT2D eigenvalue weighted by molar-refractivity contribution is 0.235. The van der Waals surface area contributed by atoms with Gasteiger partial charge in [0, 0.05) is 12.1 Å². The van der Waals surface area contributed by atoms with Gasteiger partial charge in [-0.3, -0.25) is 4.90 Å². The van der Waals surface area contributed by atoms with E-state index in [2.05, 4.69) is 4.90 Å². The number of hydrogen-bond donors (Lipinski definition) is 1. The second-order valence-corrected chi connectivity index (χ2v) is 3.84. The first-order valence-electron chi connectivity index (χ1n) is 4.87. The summed E-state index contributed by atoms with van der Waals surface area (Å²) in [7, 11) is 0. The molecule has 0 bridgehead atoms. The molecule has 0 spiro atoms. The molecule has 1 aliphatic carbocycles. The predicted octanol–water partition coefficient (Wildman–Crippen LogP) is 0.962. The first kappa shape index (κ1) is 7.56. The highest BCUT2D eigenvalue weighted by Crippen LogP contribution is 2.34. The summed E-state index contributed by atoms with van der Waals surface area (Å²) in [5, 5.41) is 0. The Labute approximate surface area is 68.7 Å². The minimum Gasteiger partial charge on any atom is -0.330 e. The maximum absolute atomic E-state index is 5.56. The van der Waals surface area contributed by atoms with E-state index >= 15 is 0 Å². The highest BCUT2D eigenvalue weighted by molar-refractivity contribution is 4.92. The van der Waals surface area contributed by atoms with E-state index in [9.17, 15) is 0 Å². The van der Waals surface area contributed by atoms with Gasteiger partial charge >= 0.3 is 0 Å². The van der Waals surface area contributed by atoms with Crippen LogP contribution in [0.4, 0.5) is 0 Å². The fourth-order valence-electron chi connectivity index (χ4n) is 2.25. The van der Waals surface area contributed by atoms with Gasteiger partial charge in [-0.15, -0.1) is 0 Å². The van der Waals surface area contributed by atoms with Gasteiger partial charge in [-0.2, -0.15) is 0 Å². The zero-order valence-electron chi connectivity index (χ0n) is 7.13. The average molecular weight is 154 g/mol. The molecule has 0 radical (unpaired) electrons. The van der Waals surface area contributed by atoms with E-state index in [1.165, 1.54) is 38.6 Å². The topological polar surface area (TPSA) is 29.3 Å². The van der Waals surface area contributed by atoms with Gasteiger partial charge in [0.2, 0.25) is 0 Å². The van der Waals surface area contributed by atoms with Crippen LogP contribution in [0.3, 0.4) is 0 Å². The van der Waals surface area contributed by atoms with Crippen molar-refractivity contribution in [1.29, 1.82) is 0 Å². The van der Waals surface area contributed by atoms with Crippen LogP contribution >= 0.6 is 0 Å². The number of hydrogen-bond acceptors (Lipinski definition) is 2. The maximum Gasteiger partial charge on any atom is 0.0111 e. The summed E-state index contributed by atoms with van der Waals surface area (Å²) in [5.41, 5.74) is 5.56. The smallest absolute Gasteiger partial charge is 0.0111 e. The van der Waals surface area contributed by atoms with Crippen molar-refractivity contribution in [3.63, 3.8) is 0 Å². The molecule has 0 aromatic rings. The molecule has 2 N–H and O–H groups in total. The zero-order valence-corrected chi connectivity index (χ0v) is 7.13. The summed E-state index contributed by atoms with van der Waals surface area (Å²) in [4.78, 5) is 2.69. The largest absolute Gasteiger partial charge is 0.330 e. The van der Waals surface area contributed by atoms with Crippen LogP contribution < -0.4 is 5.73 Å². The van der Waals surface area contributed by atoms with Crippen molar-refractivity contribution in [3.05, 3.63) is 0 Å². The van der Waals surface area contributed by atoms with E-state index in [4.69, 9.17) is 5.73 Å². The lowest BCUT2D eigenvalue weighted by atomic mass is 10.1. The molecule has 64 valence electrons. The summed E-state index contributed by atoms with van der Waals surface area (Å²) in [5.74, 6) is 0. The van der Waals surface area contributed by atoms with Crippen LogP contribution in [0, 0.1) is 0 Å². The monoisotopic (exact) mass is 154 g/mol. The molecule has 2 nitrogen and oxygen atoms in total. The van der Waals surface area contributed by atoms with Crippen LogP contribution in [0.5, 0.6) is 0 Å². The Balaban J connectivity index is 1.85. The molecule has 1 saturated heterocycles. The number of nitrogens with two attached hydrogens (primary N) is 1. The summed E-state index contributed by atoms with van der Waals surface area (Å²) >= 11 is 0. The molecular weight excluding hydrogens is 136 g/mol. The van der Waals surface area contributed by atoms with E-state index in [1.807, 2.05) is 0 Å². The Morgan fingerprint density at radius 2 is 2.09 bits per heavy atom. The fourth-order valence-corrected chi connectivity index (χ4v) is 2.25. The summed E-state index contributed by atoms with van der Waals surface area (Å²) in [6.45, 7) is 2.21. The van der Waals surface area contributed by atoms with Crippen molar-refractivity contribution < 1.29 is 0 Å². The number of likely N-dealkylation sites (tertiary alicyclic amines) is 1. The Kier molecular flexibility index (Phi) is 2.14. The van der Waals surface area contributed by atoms with Crippen LogP contribution in [0.1, 0.15) is 32.1 Å². The molecule has 1 saturated carbocycles. The van der Waals surface area contributed by atoms with E-state index in [0.717, 1.165) is 18.6 Å². The van der Waals surface area contributed by atoms with Crippen molar-refractivity contribution in [3.8, 4) is 0 Å². The van der Waals surface area contributed by atoms with Gasteiger partial charge in [-0.1, -0.05) is 0 Å². The van der Waals surface area contributed by atoms with Crippen LogP contribution in [0.2, 0.25) is 0 Å². The fraction of sp³-hybridized carbons (Fsp3) is 1.00. The van der Waals surface area contributed by atoms with Gasteiger partial charge in [0.1, 0.15) is 0 Å². The third kappa shape index (κ3) is 1.57. The van der Waals surface area contributed by atoms with E-state index in [1.54, 1.807) is 0 Å². The number of nitrogens with zero attached hydrogens (tertiary/aromatic N) is 1. The highest BCUT2D eigenvalue weighted by atomic mass is 15.2. The third-order valence-corrected chi connectivity index (χ3v) is 2.94. The molecule has 1 atom stereocenters. The molecule has 0 amide bonds. The minimum absolute atomic E-state index is 0.840. The highest BCUT2D eigenvalue weighted by Gasteiger charge is 2.35. The maximum atomic E-state index is 5.56. The van der Waals surface area contributed by atoms with Crippen molar-refractivity contribution in [2.45, 2.75) is 44.2 Å². The Morgan fingerprint density at radius 3 is 2.73 bits per heavy atom. The van der Waals surface area contributed by atoms with Crippen molar-refractivity contribution in [2.24, 2.45) is 5.73 Å². The van der Waals surface area contributed by atoms with Crippen molar-refractivity contribution in [2.75, 3.05) is 13.1 Å². The molecule has 2 heteroatoms. The predicted molar refractivity (Wildman–Crippen MR) is 46.4 cm³/mol. The van der Waals surface area contributed by atoms with Gasteiger partial charge < -0.3 is 5.73 Å². The average Bonchev–Trinajstić information content (AvgIpc) is 2.75. The Morgan fingerprint density at radius 1 is 1.27 bits per heavy atom. The van der Waals surface area contributed by atoms with E-state index in [0.29, 0.717) is 0 Å². The van der Waals surface area contributed by atoms with Crippen LogP contribution in [0.15, 0.2) is 0 Å². The van der Waals surface area contributed by atoms with Crippen LogP contribution in [0.25, 0.3) is 0 Å². The molecule has 0 aromatic heterocycles. The normalized spacial score (nSPS) is 33.0. The van der Waals surface area contributed by atoms with E-state index in [-0.39, 0.29) is 0 Å². The van der Waals surface area contributed by atoms with Crippen molar-refractivity contribution >= 4 is 0 Å². The lowest BCUT2D eigenvalue weighted by Gasteiger charge is -2.23. The van der Waals surface area contributed by atoms with Crippen LogP contribution in [-0.4, -0.2) is 30.1 Å². The summed E-state index contributed by atoms with van der Waals surface area (Å²) in [6, 6.07) is 1.79. The lowest BCUT2D eigenvalue weighted by Crippen LogP contribution is -2.32. The first-order chi connectivity index (χ1) is 5.42. The van der Waals surface area contributed by atoms with Gasteiger partial charge in [0.15, 0.2) is 0 Å². The molecular formula is C9H18N2. The molecule has 2 rings (SSSR count). The molecule has 1 heterocycles. The molecule has 0 aromatic carbocycles. The summed E-state index contributed by atoms with van der Waals surface area (Å²) < 4.78 is 0. The standard InChI is InChI=1S/C9H18N2/c10-6-5-8-2-1-7-11(8)9-3-4-9/h8-9H,1-7,10H2. The molecule has 2 fully saturated rings. The molecule has 1 aliphatic heterocycles. The van der Waals surface area contributed by atoms with Gasteiger partial charge in [0.05, 0.1) is 0 Å². The SMILES string of the molecule is NCCC1CCCN1C1CC1. The van der Waals surface area contributed by atoms with Crippen molar-refractivity contribution in [1.82, 2.24) is 4.90 Å².